The van der Waals surface area contributed by atoms with Crippen LogP contribution in [0.3, 0.4) is 0 Å². The van der Waals surface area contributed by atoms with Crippen LogP contribution >= 0.6 is 11.3 Å². The van der Waals surface area contributed by atoms with Gasteiger partial charge in [-0.1, -0.05) is 24.3 Å². The van der Waals surface area contributed by atoms with Crippen molar-refractivity contribution in [3.63, 3.8) is 0 Å². The normalized spacial score (nSPS) is 10.9. The Kier molecular flexibility index (Phi) is 6.32. The Morgan fingerprint density at radius 1 is 1.15 bits per heavy atom. The van der Waals surface area contributed by atoms with Crippen LogP contribution in [-0.4, -0.2) is 28.0 Å². The van der Waals surface area contributed by atoms with E-state index >= 15 is 0 Å². The number of aromatic nitrogens is 2. The first kappa shape index (κ1) is 22.3. The van der Waals surface area contributed by atoms with Gasteiger partial charge in [-0.15, -0.1) is 11.3 Å². The molecule has 1 N–H and O–H groups in total. The summed E-state index contributed by atoms with van der Waals surface area (Å²) in [6, 6.07) is 12.4. The quantitative estimate of drug-likeness (QED) is 0.427. The average Bonchev–Trinajstić information content (AvgIpc) is 3.13. The van der Waals surface area contributed by atoms with Gasteiger partial charge in [-0.05, 0) is 43.7 Å². The van der Waals surface area contributed by atoms with Crippen molar-refractivity contribution in [1.82, 2.24) is 9.55 Å². The van der Waals surface area contributed by atoms with E-state index in [2.05, 4.69) is 10.3 Å². The number of ether oxygens (including phenoxy) is 1. The molecule has 0 unspecified atom stereocenters. The van der Waals surface area contributed by atoms with E-state index in [1.165, 1.54) is 34.4 Å². The highest BCUT2D eigenvalue weighted by Crippen LogP contribution is 2.35. The number of carbonyl (C=O) groups excluding carboxylic acids is 2. The van der Waals surface area contributed by atoms with Crippen LogP contribution in [0.5, 0.6) is 0 Å². The van der Waals surface area contributed by atoms with Crippen LogP contribution in [0, 0.1) is 12.7 Å². The molecule has 0 aliphatic rings. The van der Waals surface area contributed by atoms with Crippen molar-refractivity contribution in [2.24, 2.45) is 0 Å². The standard InChI is InChI=1S/C24H20FN3O4S/c1-3-32-24(31)17-6-4-5-7-18(17)27-19(29)12-28-13-26-22-21(23(28)30)20(14(2)33-22)15-8-10-16(25)11-9-15/h4-11,13H,3,12H2,1-2H3,(H,27,29). The number of fused-ring (bicyclic) bond motifs is 1. The molecule has 0 fully saturated rings. The number of para-hydroxylation sites is 1. The van der Waals surface area contributed by atoms with Crippen LogP contribution in [0.15, 0.2) is 59.7 Å². The average molecular weight is 466 g/mol. The molecular weight excluding hydrogens is 445 g/mol. The van der Waals surface area contributed by atoms with Crippen molar-refractivity contribution in [1.29, 1.82) is 0 Å². The zero-order valence-corrected chi connectivity index (χ0v) is 18.7. The summed E-state index contributed by atoms with van der Waals surface area (Å²) in [5.41, 5.74) is 1.51. The Morgan fingerprint density at radius 2 is 1.88 bits per heavy atom. The lowest BCUT2D eigenvalue weighted by Crippen LogP contribution is -2.28. The maximum atomic E-state index is 13.4. The summed E-state index contributed by atoms with van der Waals surface area (Å²) >= 11 is 1.36. The van der Waals surface area contributed by atoms with Gasteiger partial charge in [0.1, 0.15) is 17.2 Å². The van der Waals surface area contributed by atoms with Crippen LogP contribution < -0.4 is 10.9 Å². The van der Waals surface area contributed by atoms with Gasteiger partial charge in [0.25, 0.3) is 5.56 Å². The number of anilines is 1. The second-order valence-corrected chi connectivity index (χ2v) is 8.42. The van der Waals surface area contributed by atoms with Crippen molar-refractivity contribution in [2.45, 2.75) is 20.4 Å². The zero-order valence-electron chi connectivity index (χ0n) is 17.9. The van der Waals surface area contributed by atoms with E-state index < -0.39 is 11.9 Å². The van der Waals surface area contributed by atoms with Gasteiger partial charge in [-0.3, -0.25) is 14.2 Å². The molecule has 0 bridgehead atoms. The number of carbonyl (C=O) groups is 2. The first-order valence-electron chi connectivity index (χ1n) is 10.2. The van der Waals surface area contributed by atoms with Gasteiger partial charge in [-0.2, -0.15) is 0 Å². The first-order valence-corrected chi connectivity index (χ1v) is 11.0. The molecular formula is C24H20FN3O4S. The molecule has 0 radical (unpaired) electrons. The van der Waals surface area contributed by atoms with Crippen LogP contribution in [0.4, 0.5) is 10.1 Å². The second-order valence-electron chi connectivity index (χ2n) is 7.21. The van der Waals surface area contributed by atoms with Gasteiger partial charge >= 0.3 is 5.97 Å². The third kappa shape index (κ3) is 4.54. The summed E-state index contributed by atoms with van der Waals surface area (Å²) in [7, 11) is 0. The Bertz CT molecular complexity index is 1410. The van der Waals surface area contributed by atoms with Crippen LogP contribution in [-0.2, 0) is 16.1 Å². The van der Waals surface area contributed by atoms with E-state index in [0.29, 0.717) is 27.0 Å². The van der Waals surface area contributed by atoms with Crippen LogP contribution in [0.1, 0.15) is 22.2 Å². The molecule has 0 aliphatic carbocycles. The number of benzene rings is 2. The number of amides is 1. The number of hydrogen-bond acceptors (Lipinski definition) is 6. The maximum Gasteiger partial charge on any atom is 0.340 e. The number of halogens is 1. The smallest absolute Gasteiger partial charge is 0.340 e. The molecule has 4 aromatic rings. The fourth-order valence-corrected chi connectivity index (χ4v) is 4.54. The lowest BCUT2D eigenvalue weighted by Gasteiger charge is -2.11. The van der Waals surface area contributed by atoms with E-state index in [1.807, 2.05) is 6.92 Å². The summed E-state index contributed by atoms with van der Waals surface area (Å²) in [6.45, 7) is 3.48. The van der Waals surface area contributed by atoms with Crippen molar-refractivity contribution >= 4 is 39.1 Å². The van der Waals surface area contributed by atoms with E-state index in [4.69, 9.17) is 4.74 Å². The van der Waals surface area contributed by atoms with Crippen LogP contribution in [0.25, 0.3) is 21.3 Å². The van der Waals surface area contributed by atoms with Gasteiger partial charge in [0.2, 0.25) is 5.91 Å². The molecule has 2 aromatic heterocycles. The minimum atomic E-state index is -0.550. The Balaban J connectivity index is 1.65. The molecule has 2 heterocycles. The van der Waals surface area contributed by atoms with E-state index in [0.717, 1.165) is 4.88 Å². The maximum absolute atomic E-state index is 13.4. The summed E-state index contributed by atoms with van der Waals surface area (Å²) in [5.74, 6) is -1.41. The van der Waals surface area contributed by atoms with Crippen molar-refractivity contribution < 1.29 is 18.7 Å². The number of thiophene rings is 1. The monoisotopic (exact) mass is 465 g/mol. The lowest BCUT2D eigenvalue weighted by molar-refractivity contribution is -0.116. The van der Waals surface area contributed by atoms with Crippen LogP contribution in [0.2, 0.25) is 0 Å². The zero-order chi connectivity index (χ0) is 23.5. The van der Waals surface area contributed by atoms with Gasteiger partial charge in [-0.25, -0.2) is 14.2 Å². The SMILES string of the molecule is CCOC(=O)c1ccccc1NC(=O)Cn1cnc2sc(C)c(-c3ccc(F)cc3)c2c1=O. The van der Waals surface area contributed by atoms with E-state index in [-0.39, 0.29) is 30.1 Å². The molecule has 7 nitrogen and oxygen atoms in total. The third-order valence-corrected chi connectivity index (χ3v) is 6.01. The number of aryl methyl sites for hydroxylation is 1. The molecule has 0 atom stereocenters. The molecule has 0 saturated heterocycles. The Morgan fingerprint density at radius 3 is 2.61 bits per heavy atom. The highest BCUT2D eigenvalue weighted by atomic mass is 32.1. The molecule has 0 aliphatic heterocycles. The lowest BCUT2D eigenvalue weighted by atomic mass is 10.0. The number of nitrogens with one attached hydrogen (secondary N) is 1. The molecule has 168 valence electrons. The van der Waals surface area contributed by atoms with Gasteiger partial charge in [0.05, 0.1) is 29.6 Å². The Hall–Kier alpha value is -3.85. The van der Waals surface area contributed by atoms with Crippen molar-refractivity contribution in [2.75, 3.05) is 11.9 Å². The van der Waals surface area contributed by atoms with Crippen molar-refractivity contribution in [3.05, 3.63) is 81.5 Å². The number of nitrogens with zero attached hydrogens (tertiary/aromatic N) is 2. The fraction of sp³-hybridized carbons (Fsp3) is 0.167. The first-order chi connectivity index (χ1) is 15.9. The van der Waals surface area contributed by atoms with Crippen molar-refractivity contribution in [3.8, 4) is 11.1 Å². The summed E-state index contributed by atoms with van der Waals surface area (Å²) in [6.07, 6.45) is 1.33. The molecule has 0 saturated carbocycles. The molecule has 0 spiro atoms. The highest BCUT2D eigenvalue weighted by Gasteiger charge is 2.19. The highest BCUT2D eigenvalue weighted by molar-refractivity contribution is 7.19. The summed E-state index contributed by atoms with van der Waals surface area (Å²) in [5, 5.41) is 3.05. The van der Waals surface area contributed by atoms with E-state index in [1.54, 1.807) is 43.3 Å². The third-order valence-electron chi connectivity index (χ3n) is 5.00. The summed E-state index contributed by atoms with van der Waals surface area (Å²) in [4.78, 5) is 43.9. The summed E-state index contributed by atoms with van der Waals surface area (Å²) < 4.78 is 19.6. The topological polar surface area (TPSA) is 90.3 Å². The molecule has 33 heavy (non-hydrogen) atoms. The van der Waals surface area contributed by atoms with Gasteiger partial charge in [0.15, 0.2) is 0 Å². The fourth-order valence-electron chi connectivity index (χ4n) is 3.54. The predicted molar refractivity (Wildman–Crippen MR) is 125 cm³/mol. The number of esters is 1. The minimum absolute atomic E-state index is 0.207. The Labute approximate surface area is 192 Å². The molecule has 2 aromatic carbocycles. The van der Waals surface area contributed by atoms with Gasteiger partial charge in [0, 0.05) is 10.4 Å². The molecule has 1 amide bonds. The largest absolute Gasteiger partial charge is 0.462 e. The van der Waals surface area contributed by atoms with E-state index in [9.17, 15) is 18.8 Å². The second kappa shape index (κ2) is 9.33. The minimum Gasteiger partial charge on any atom is -0.462 e. The predicted octanol–water partition coefficient (Wildman–Crippen LogP) is 4.39. The number of hydrogen-bond donors (Lipinski definition) is 1. The molecule has 4 rings (SSSR count). The van der Waals surface area contributed by atoms with Gasteiger partial charge < -0.3 is 10.1 Å². The molecule has 9 heteroatoms. The number of rotatable bonds is 6.